The van der Waals surface area contributed by atoms with Crippen LogP contribution < -0.4 is 0 Å². The summed E-state index contributed by atoms with van der Waals surface area (Å²) in [6.45, 7) is 2.16. The summed E-state index contributed by atoms with van der Waals surface area (Å²) in [6.07, 6.45) is 1.89. The fourth-order valence-corrected chi connectivity index (χ4v) is 1.97. The van der Waals surface area contributed by atoms with Gasteiger partial charge in [0.25, 0.3) is 0 Å². The molecule has 0 atom stereocenters. The third-order valence-electron chi connectivity index (χ3n) is 2.38. The van der Waals surface area contributed by atoms with Gasteiger partial charge in [0.05, 0.1) is 5.02 Å². The molecule has 4 heteroatoms. The van der Waals surface area contributed by atoms with Crippen molar-refractivity contribution >= 4 is 27.5 Å². The van der Waals surface area contributed by atoms with Crippen molar-refractivity contribution in [2.45, 2.75) is 19.4 Å². The monoisotopic (exact) mass is 305 g/mol. The number of hydrogen-bond donors (Lipinski definition) is 1. The molecule has 1 rings (SSSR count). The molecule has 0 saturated carbocycles. The van der Waals surface area contributed by atoms with Crippen LogP contribution >= 0.6 is 27.5 Å². The van der Waals surface area contributed by atoms with Gasteiger partial charge in [0, 0.05) is 17.6 Å². The van der Waals surface area contributed by atoms with Gasteiger partial charge >= 0.3 is 0 Å². The number of nitrogens with zero attached hydrogens (tertiary/aromatic N) is 1. The van der Waals surface area contributed by atoms with Gasteiger partial charge < -0.3 is 10.0 Å². The maximum atomic E-state index is 8.69. The van der Waals surface area contributed by atoms with Crippen LogP contribution in [0.5, 0.6) is 0 Å². The first-order chi connectivity index (χ1) is 7.63. The van der Waals surface area contributed by atoms with Gasteiger partial charge in [-0.05, 0) is 60.1 Å². The number of rotatable bonds is 6. The lowest BCUT2D eigenvalue weighted by Crippen LogP contribution is -2.19. The SMILES string of the molecule is CN(CCCCO)Cc1ccc(Br)c(Cl)c1. The Morgan fingerprint density at radius 3 is 2.75 bits per heavy atom. The van der Waals surface area contributed by atoms with E-state index in [0.717, 1.165) is 35.4 Å². The van der Waals surface area contributed by atoms with Crippen molar-refractivity contribution < 1.29 is 5.11 Å². The first kappa shape index (κ1) is 14.0. The van der Waals surface area contributed by atoms with Crippen molar-refractivity contribution in [2.75, 3.05) is 20.2 Å². The normalized spacial score (nSPS) is 11.1. The molecule has 1 N–H and O–H groups in total. The second-order valence-electron chi connectivity index (χ2n) is 3.92. The Morgan fingerprint density at radius 1 is 1.38 bits per heavy atom. The molecule has 1 aromatic rings. The molecule has 0 aliphatic rings. The van der Waals surface area contributed by atoms with Crippen molar-refractivity contribution in [3.63, 3.8) is 0 Å². The predicted octanol–water partition coefficient (Wildman–Crippen LogP) is 3.31. The highest BCUT2D eigenvalue weighted by Gasteiger charge is 2.02. The minimum atomic E-state index is 0.276. The zero-order valence-electron chi connectivity index (χ0n) is 9.42. The van der Waals surface area contributed by atoms with Crippen molar-refractivity contribution in [1.82, 2.24) is 4.90 Å². The Labute approximate surface area is 110 Å². The van der Waals surface area contributed by atoms with Gasteiger partial charge in [-0.2, -0.15) is 0 Å². The molecule has 0 fully saturated rings. The summed E-state index contributed by atoms with van der Waals surface area (Å²) in [5, 5.41) is 9.45. The third kappa shape index (κ3) is 4.83. The molecule has 0 radical (unpaired) electrons. The maximum Gasteiger partial charge on any atom is 0.0551 e. The fraction of sp³-hybridized carbons (Fsp3) is 0.500. The Bertz CT molecular complexity index is 333. The zero-order valence-corrected chi connectivity index (χ0v) is 11.8. The molecular formula is C12H17BrClNO. The lowest BCUT2D eigenvalue weighted by molar-refractivity contribution is 0.261. The van der Waals surface area contributed by atoms with Crippen molar-refractivity contribution in [1.29, 1.82) is 0 Å². The highest BCUT2D eigenvalue weighted by Crippen LogP contribution is 2.23. The lowest BCUT2D eigenvalue weighted by atomic mass is 10.2. The summed E-state index contributed by atoms with van der Waals surface area (Å²) in [5.41, 5.74) is 1.21. The topological polar surface area (TPSA) is 23.5 Å². The Morgan fingerprint density at radius 2 is 2.12 bits per heavy atom. The van der Waals surface area contributed by atoms with E-state index in [1.807, 2.05) is 12.1 Å². The van der Waals surface area contributed by atoms with E-state index in [1.54, 1.807) is 0 Å². The van der Waals surface area contributed by atoms with Crippen molar-refractivity contribution in [3.05, 3.63) is 33.3 Å². The van der Waals surface area contributed by atoms with Crippen LogP contribution in [0.25, 0.3) is 0 Å². The van der Waals surface area contributed by atoms with Gasteiger partial charge in [0.2, 0.25) is 0 Å². The average Bonchev–Trinajstić information content (AvgIpc) is 2.24. The van der Waals surface area contributed by atoms with Crippen LogP contribution in [0, 0.1) is 0 Å². The highest BCUT2D eigenvalue weighted by atomic mass is 79.9. The van der Waals surface area contributed by atoms with Crippen LogP contribution in [0.2, 0.25) is 5.02 Å². The second kappa shape index (κ2) is 7.28. The van der Waals surface area contributed by atoms with E-state index < -0.39 is 0 Å². The molecule has 0 saturated heterocycles. The van der Waals surface area contributed by atoms with Gasteiger partial charge in [0.15, 0.2) is 0 Å². The summed E-state index contributed by atoms with van der Waals surface area (Å²) >= 11 is 9.40. The van der Waals surface area contributed by atoms with E-state index in [-0.39, 0.29) is 6.61 Å². The molecule has 2 nitrogen and oxygen atoms in total. The highest BCUT2D eigenvalue weighted by molar-refractivity contribution is 9.10. The lowest BCUT2D eigenvalue weighted by Gasteiger charge is -2.16. The van der Waals surface area contributed by atoms with Gasteiger partial charge in [-0.25, -0.2) is 0 Å². The molecule has 16 heavy (non-hydrogen) atoms. The number of benzene rings is 1. The summed E-state index contributed by atoms with van der Waals surface area (Å²) in [4.78, 5) is 2.23. The molecule has 0 aromatic heterocycles. The first-order valence-electron chi connectivity index (χ1n) is 5.37. The van der Waals surface area contributed by atoms with E-state index >= 15 is 0 Å². The number of halogens is 2. The quantitative estimate of drug-likeness (QED) is 0.815. The predicted molar refractivity (Wildman–Crippen MR) is 71.8 cm³/mol. The molecule has 0 spiro atoms. The van der Waals surface area contributed by atoms with Gasteiger partial charge in [0.1, 0.15) is 0 Å². The Kier molecular flexibility index (Phi) is 6.36. The van der Waals surface area contributed by atoms with Crippen molar-refractivity contribution in [2.24, 2.45) is 0 Å². The van der Waals surface area contributed by atoms with E-state index in [4.69, 9.17) is 16.7 Å². The van der Waals surface area contributed by atoms with Crippen molar-refractivity contribution in [3.8, 4) is 0 Å². The molecule has 0 aliphatic heterocycles. The van der Waals surface area contributed by atoms with Gasteiger partial charge in [-0.3, -0.25) is 0 Å². The largest absolute Gasteiger partial charge is 0.396 e. The molecule has 0 heterocycles. The van der Waals surface area contributed by atoms with Crippen LogP contribution in [0.4, 0.5) is 0 Å². The third-order valence-corrected chi connectivity index (χ3v) is 3.62. The number of aliphatic hydroxyl groups is 1. The summed E-state index contributed by atoms with van der Waals surface area (Å²) in [5.74, 6) is 0. The van der Waals surface area contributed by atoms with Crippen LogP contribution in [0.15, 0.2) is 22.7 Å². The average molecular weight is 307 g/mol. The Balaban J connectivity index is 2.43. The molecule has 90 valence electrons. The fourth-order valence-electron chi connectivity index (χ4n) is 1.52. The van der Waals surface area contributed by atoms with Crippen LogP contribution in [0.1, 0.15) is 18.4 Å². The van der Waals surface area contributed by atoms with Gasteiger partial charge in [-0.15, -0.1) is 0 Å². The first-order valence-corrected chi connectivity index (χ1v) is 6.54. The standard InChI is InChI=1S/C12H17BrClNO/c1-15(6-2-3-7-16)9-10-4-5-11(13)12(14)8-10/h4-5,8,16H,2-3,6-7,9H2,1H3. The smallest absolute Gasteiger partial charge is 0.0551 e. The number of unbranched alkanes of at least 4 members (excludes halogenated alkanes) is 1. The summed E-state index contributed by atoms with van der Waals surface area (Å²) in [7, 11) is 2.08. The maximum absolute atomic E-state index is 8.69. The minimum Gasteiger partial charge on any atom is -0.396 e. The molecule has 1 aromatic carbocycles. The summed E-state index contributed by atoms with van der Waals surface area (Å²) < 4.78 is 0.931. The second-order valence-corrected chi connectivity index (χ2v) is 5.18. The van der Waals surface area contributed by atoms with Crippen LogP contribution in [0.3, 0.4) is 0 Å². The van der Waals surface area contributed by atoms with E-state index in [0.29, 0.717) is 0 Å². The Hall–Kier alpha value is -0.0900. The zero-order chi connectivity index (χ0) is 12.0. The molecule has 0 amide bonds. The minimum absolute atomic E-state index is 0.276. The molecule has 0 bridgehead atoms. The van der Waals surface area contributed by atoms with Crippen LogP contribution in [-0.4, -0.2) is 30.2 Å². The van der Waals surface area contributed by atoms with E-state index in [1.165, 1.54) is 5.56 Å². The molecule has 0 unspecified atom stereocenters. The van der Waals surface area contributed by atoms with Crippen LogP contribution in [-0.2, 0) is 6.54 Å². The van der Waals surface area contributed by atoms with Gasteiger partial charge in [-0.1, -0.05) is 17.7 Å². The molecular weight excluding hydrogens is 289 g/mol. The number of aliphatic hydroxyl groups excluding tert-OH is 1. The number of hydrogen-bond acceptors (Lipinski definition) is 2. The van der Waals surface area contributed by atoms with E-state index in [9.17, 15) is 0 Å². The van der Waals surface area contributed by atoms with E-state index in [2.05, 4.69) is 33.9 Å². The summed E-state index contributed by atoms with van der Waals surface area (Å²) in [6, 6.07) is 6.02. The molecule has 0 aliphatic carbocycles.